The van der Waals surface area contributed by atoms with Gasteiger partial charge in [-0.05, 0) is 25.3 Å². The van der Waals surface area contributed by atoms with Crippen LogP contribution in [0.1, 0.15) is 13.8 Å². The number of amides is 1. The van der Waals surface area contributed by atoms with Gasteiger partial charge in [-0.25, -0.2) is 0 Å². The van der Waals surface area contributed by atoms with Crippen LogP contribution in [0.5, 0.6) is 0 Å². The molecule has 0 unspecified atom stereocenters. The molecule has 2 aromatic rings. The van der Waals surface area contributed by atoms with Crippen LogP contribution >= 0.6 is 0 Å². The van der Waals surface area contributed by atoms with Gasteiger partial charge in [-0.2, -0.15) is 0 Å². The fraction of sp³-hybridized carbons (Fsp3) is 0.200. The molecule has 0 atom stereocenters. The molecule has 0 aliphatic heterocycles. The fourth-order valence-corrected chi connectivity index (χ4v) is 1.85. The van der Waals surface area contributed by atoms with Crippen LogP contribution in [-0.2, 0) is 4.79 Å². The molecule has 0 saturated heterocycles. The van der Waals surface area contributed by atoms with E-state index < -0.39 is 5.41 Å². The van der Waals surface area contributed by atoms with Crippen molar-refractivity contribution in [3.05, 3.63) is 42.5 Å². The standard InChI is InChI=1S/C15H17N3O2/c1-15(2,13(16)18-20)14(19)17-12-9-5-7-10-6-3-4-8-11(10)12/h3-9,20H,1-2H3,(H2,16,18)(H,17,19). The smallest absolute Gasteiger partial charge is 0.237 e. The molecule has 0 saturated carbocycles. The second-order valence-electron chi connectivity index (χ2n) is 5.09. The van der Waals surface area contributed by atoms with Crippen LogP contribution in [0.2, 0.25) is 0 Å². The highest BCUT2D eigenvalue weighted by Gasteiger charge is 2.33. The summed E-state index contributed by atoms with van der Waals surface area (Å²) >= 11 is 0. The lowest BCUT2D eigenvalue weighted by atomic mass is 9.90. The SMILES string of the molecule is CC(C)(C(=O)Nc1cccc2ccccc12)C(N)=NO. The Morgan fingerprint density at radius 2 is 1.85 bits per heavy atom. The van der Waals surface area contributed by atoms with Crippen LogP contribution < -0.4 is 11.1 Å². The van der Waals surface area contributed by atoms with Gasteiger partial charge in [-0.3, -0.25) is 4.79 Å². The summed E-state index contributed by atoms with van der Waals surface area (Å²) in [5.41, 5.74) is 5.17. The van der Waals surface area contributed by atoms with Crippen LogP contribution in [0, 0.1) is 5.41 Å². The Morgan fingerprint density at radius 1 is 1.20 bits per heavy atom. The van der Waals surface area contributed by atoms with Crippen molar-refractivity contribution < 1.29 is 10.0 Å². The normalized spacial score (nSPS) is 12.4. The molecule has 0 heterocycles. The maximum Gasteiger partial charge on any atom is 0.237 e. The number of hydrogen-bond donors (Lipinski definition) is 3. The fourth-order valence-electron chi connectivity index (χ4n) is 1.85. The number of carbonyl (C=O) groups is 1. The Hall–Kier alpha value is -2.56. The van der Waals surface area contributed by atoms with Gasteiger partial charge in [0, 0.05) is 11.1 Å². The lowest BCUT2D eigenvalue weighted by Gasteiger charge is -2.22. The van der Waals surface area contributed by atoms with E-state index in [-0.39, 0.29) is 11.7 Å². The monoisotopic (exact) mass is 271 g/mol. The Morgan fingerprint density at radius 3 is 2.55 bits per heavy atom. The topological polar surface area (TPSA) is 87.7 Å². The summed E-state index contributed by atoms with van der Waals surface area (Å²) in [6.45, 7) is 3.20. The van der Waals surface area contributed by atoms with E-state index in [1.807, 2.05) is 42.5 Å². The molecule has 0 fully saturated rings. The molecule has 0 aliphatic rings. The Labute approximate surface area is 117 Å². The molecule has 0 aliphatic carbocycles. The zero-order chi connectivity index (χ0) is 14.8. The predicted molar refractivity (Wildman–Crippen MR) is 79.8 cm³/mol. The van der Waals surface area contributed by atoms with Crippen molar-refractivity contribution in [2.45, 2.75) is 13.8 Å². The van der Waals surface area contributed by atoms with Crippen molar-refractivity contribution in [1.29, 1.82) is 0 Å². The molecule has 1 amide bonds. The minimum Gasteiger partial charge on any atom is -0.409 e. The minimum atomic E-state index is -1.09. The Kier molecular flexibility index (Phi) is 3.61. The van der Waals surface area contributed by atoms with E-state index >= 15 is 0 Å². The molecule has 2 aromatic carbocycles. The molecule has 2 rings (SSSR count). The zero-order valence-electron chi connectivity index (χ0n) is 11.4. The highest BCUT2D eigenvalue weighted by Crippen LogP contribution is 2.25. The minimum absolute atomic E-state index is 0.129. The van der Waals surface area contributed by atoms with Crippen LogP contribution in [0.3, 0.4) is 0 Å². The van der Waals surface area contributed by atoms with Crippen LogP contribution in [0.15, 0.2) is 47.6 Å². The quantitative estimate of drug-likeness (QED) is 0.347. The molecule has 4 N–H and O–H groups in total. The number of benzene rings is 2. The maximum absolute atomic E-state index is 12.3. The molecule has 0 aromatic heterocycles. The second-order valence-corrected chi connectivity index (χ2v) is 5.09. The molecule has 0 bridgehead atoms. The highest BCUT2D eigenvalue weighted by molar-refractivity contribution is 6.13. The van der Waals surface area contributed by atoms with E-state index in [0.29, 0.717) is 5.69 Å². The van der Waals surface area contributed by atoms with Gasteiger partial charge < -0.3 is 16.3 Å². The van der Waals surface area contributed by atoms with Gasteiger partial charge in [0.05, 0.1) is 0 Å². The van der Waals surface area contributed by atoms with E-state index in [0.717, 1.165) is 10.8 Å². The third-order valence-corrected chi connectivity index (χ3v) is 3.35. The van der Waals surface area contributed by atoms with Gasteiger partial charge in [0.25, 0.3) is 0 Å². The molecule has 0 radical (unpaired) electrons. The van der Waals surface area contributed by atoms with Crippen molar-refractivity contribution in [3.63, 3.8) is 0 Å². The summed E-state index contributed by atoms with van der Waals surface area (Å²) in [6.07, 6.45) is 0. The first kappa shape index (κ1) is 13.9. The third kappa shape index (κ3) is 2.42. The summed E-state index contributed by atoms with van der Waals surface area (Å²) in [7, 11) is 0. The van der Waals surface area contributed by atoms with E-state index in [2.05, 4.69) is 10.5 Å². The van der Waals surface area contributed by atoms with Gasteiger partial charge in [0.2, 0.25) is 5.91 Å². The molecular weight excluding hydrogens is 254 g/mol. The number of nitrogens with zero attached hydrogens (tertiary/aromatic N) is 1. The molecule has 0 spiro atoms. The first-order valence-corrected chi connectivity index (χ1v) is 6.24. The first-order chi connectivity index (χ1) is 9.46. The van der Waals surface area contributed by atoms with Gasteiger partial charge in [0.1, 0.15) is 5.41 Å². The molecular formula is C15H17N3O2. The summed E-state index contributed by atoms with van der Waals surface area (Å²) in [5.74, 6) is -0.459. The van der Waals surface area contributed by atoms with E-state index in [1.54, 1.807) is 13.8 Å². The number of rotatable bonds is 3. The third-order valence-electron chi connectivity index (χ3n) is 3.35. The number of amidine groups is 1. The summed E-state index contributed by atoms with van der Waals surface area (Å²) in [6, 6.07) is 13.4. The summed E-state index contributed by atoms with van der Waals surface area (Å²) in [5, 5.41) is 16.5. The van der Waals surface area contributed by atoms with Gasteiger partial charge in [0.15, 0.2) is 5.84 Å². The summed E-state index contributed by atoms with van der Waals surface area (Å²) < 4.78 is 0. The molecule has 20 heavy (non-hydrogen) atoms. The van der Waals surface area contributed by atoms with Crippen molar-refractivity contribution in [1.82, 2.24) is 0 Å². The van der Waals surface area contributed by atoms with Crippen LogP contribution in [0.4, 0.5) is 5.69 Å². The Bertz CT molecular complexity index is 672. The van der Waals surface area contributed by atoms with Gasteiger partial charge in [-0.15, -0.1) is 0 Å². The zero-order valence-corrected chi connectivity index (χ0v) is 11.4. The predicted octanol–water partition coefficient (Wildman–Crippen LogP) is 2.55. The van der Waals surface area contributed by atoms with Crippen molar-refractivity contribution in [3.8, 4) is 0 Å². The first-order valence-electron chi connectivity index (χ1n) is 6.24. The number of hydrogen-bond acceptors (Lipinski definition) is 3. The largest absolute Gasteiger partial charge is 0.409 e. The highest BCUT2D eigenvalue weighted by atomic mass is 16.4. The number of oxime groups is 1. The number of nitrogens with two attached hydrogens (primary N) is 1. The summed E-state index contributed by atoms with van der Waals surface area (Å²) in [4.78, 5) is 12.3. The van der Waals surface area contributed by atoms with Gasteiger partial charge in [-0.1, -0.05) is 41.6 Å². The second kappa shape index (κ2) is 5.21. The van der Waals surface area contributed by atoms with Gasteiger partial charge >= 0.3 is 0 Å². The molecule has 5 nitrogen and oxygen atoms in total. The number of carbonyl (C=O) groups excluding carboxylic acids is 1. The van der Waals surface area contributed by atoms with Crippen LogP contribution in [-0.4, -0.2) is 17.0 Å². The Balaban J connectivity index is 2.36. The number of anilines is 1. The van der Waals surface area contributed by atoms with E-state index in [9.17, 15) is 4.79 Å². The van der Waals surface area contributed by atoms with Crippen molar-refractivity contribution in [2.24, 2.45) is 16.3 Å². The van der Waals surface area contributed by atoms with Crippen molar-refractivity contribution in [2.75, 3.05) is 5.32 Å². The lowest BCUT2D eigenvalue weighted by Crippen LogP contribution is -2.42. The number of fused-ring (bicyclic) bond motifs is 1. The van der Waals surface area contributed by atoms with Crippen LogP contribution in [0.25, 0.3) is 10.8 Å². The lowest BCUT2D eigenvalue weighted by molar-refractivity contribution is -0.121. The van der Waals surface area contributed by atoms with Crippen molar-refractivity contribution >= 4 is 28.2 Å². The molecule has 104 valence electrons. The molecule has 5 heteroatoms. The number of nitrogens with one attached hydrogen (secondary N) is 1. The van der Waals surface area contributed by atoms with E-state index in [4.69, 9.17) is 10.9 Å². The average Bonchev–Trinajstić information content (AvgIpc) is 2.46. The maximum atomic E-state index is 12.3. The van der Waals surface area contributed by atoms with E-state index in [1.165, 1.54) is 0 Å². The average molecular weight is 271 g/mol.